The Balaban J connectivity index is 1.69. The van der Waals surface area contributed by atoms with Crippen LogP contribution >= 0.6 is 0 Å². The average molecular weight is 339 g/mol. The van der Waals surface area contributed by atoms with Gasteiger partial charge in [0.25, 0.3) is 0 Å². The number of nitrogens with one attached hydrogen (secondary N) is 1. The molecule has 1 aromatic heterocycles. The smallest absolute Gasteiger partial charge is 0.321 e. The van der Waals surface area contributed by atoms with Crippen LogP contribution in [0.3, 0.4) is 0 Å². The van der Waals surface area contributed by atoms with Gasteiger partial charge in [-0.3, -0.25) is 4.98 Å². The minimum atomic E-state index is -0.0868. The molecule has 0 bridgehead atoms. The van der Waals surface area contributed by atoms with Crippen LogP contribution in [0.5, 0.6) is 0 Å². The molecule has 2 N–H and O–H groups in total. The number of aryl methyl sites for hydroxylation is 1. The SMILES string of the molecule is Cc1ccc(Cc2ccccn2)cc1NC(=O)N1CCC[C@@H](CO)C1. The van der Waals surface area contributed by atoms with Crippen molar-refractivity contribution in [3.05, 3.63) is 59.4 Å². The average Bonchev–Trinajstić information content (AvgIpc) is 2.65. The van der Waals surface area contributed by atoms with Crippen molar-refractivity contribution in [1.82, 2.24) is 9.88 Å². The van der Waals surface area contributed by atoms with Crippen LogP contribution in [0.4, 0.5) is 10.5 Å². The van der Waals surface area contributed by atoms with Crippen LogP contribution in [0.25, 0.3) is 0 Å². The van der Waals surface area contributed by atoms with Gasteiger partial charge in [0, 0.05) is 43.7 Å². The lowest BCUT2D eigenvalue weighted by atomic mass is 9.99. The van der Waals surface area contributed by atoms with E-state index in [1.807, 2.05) is 37.3 Å². The zero-order valence-corrected chi connectivity index (χ0v) is 14.6. The normalized spacial score (nSPS) is 17.4. The Hall–Kier alpha value is -2.40. The van der Waals surface area contributed by atoms with Gasteiger partial charge in [-0.15, -0.1) is 0 Å². The molecule has 5 nitrogen and oxygen atoms in total. The number of pyridine rings is 1. The van der Waals surface area contributed by atoms with Crippen molar-refractivity contribution in [3.8, 4) is 0 Å². The molecule has 0 unspecified atom stereocenters. The van der Waals surface area contributed by atoms with Crippen molar-refractivity contribution in [2.45, 2.75) is 26.2 Å². The van der Waals surface area contributed by atoms with Gasteiger partial charge < -0.3 is 15.3 Å². The van der Waals surface area contributed by atoms with Gasteiger partial charge in [-0.2, -0.15) is 0 Å². The van der Waals surface area contributed by atoms with Gasteiger partial charge in [-0.25, -0.2) is 4.79 Å². The maximum atomic E-state index is 12.6. The number of carbonyl (C=O) groups is 1. The van der Waals surface area contributed by atoms with E-state index in [2.05, 4.69) is 16.4 Å². The second-order valence-electron chi connectivity index (χ2n) is 6.71. The molecule has 2 aromatic rings. The number of nitrogens with zero attached hydrogens (tertiary/aromatic N) is 2. The topological polar surface area (TPSA) is 65.5 Å². The number of benzene rings is 1. The van der Waals surface area contributed by atoms with Crippen molar-refractivity contribution < 1.29 is 9.90 Å². The van der Waals surface area contributed by atoms with Gasteiger partial charge in [0.2, 0.25) is 0 Å². The standard InChI is InChI=1S/C20H25N3O2/c1-15-7-8-16(11-18-6-2-3-9-21-18)12-19(15)22-20(25)23-10-4-5-17(13-23)14-24/h2-3,6-9,12,17,24H,4-5,10-11,13-14H2,1H3,(H,22,25)/t17-/m1/s1. The largest absolute Gasteiger partial charge is 0.396 e. The van der Waals surface area contributed by atoms with Crippen LogP contribution in [0.15, 0.2) is 42.6 Å². The minimum absolute atomic E-state index is 0.0868. The summed E-state index contributed by atoms with van der Waals surface area (Å²) < 4.78 is 0. The first-order chi connectivity index (χ1) is 12.2. The monoisotopic (exact) mass is 339 g/mol. The van der Waals surface area contributed by atoms with Crippen LogP contribution in [-0.4, -0.2) is 40.7 Å². The third kappa shape index (κ3) is 4.57. The van der Waals surface area contributed by atoms with Crippen molar-refractivity contribution in [2.24, 2.45) is 5.92 Å². The van der Waals surface area contributed by atoms with E-state index in [9.17, 15) is 9.90 Å². The highest BCUT2D eigenvalue weighted by atomic mass is 16.3. The van der Waals surface area contributed by atoms with E-state index >= 15 is 0 Å². The predicted octanol–water partition coefficient (Wildman–Crippen LogP) is 3.22. The molecule has 1 aliphatic rings. The molecule has 1 atom stereocenters. The molecular weight excluding hydrogens is 314 g/mol. The Morgan fingerprint density at radius 1 is 1.36 bits per heavy atom. The lowest BCUT2D eigenvalue weighted by Gasteiger charge is -2.32. The van der Waals surface area contributed by atoms with Gasteiger partial charge in [0.05, 0.1) is 0 Å². The summed E-state index contributed by atoms with van der Waals surface area (Å²) in [6.07, 6.45) is 4.46. The number of carbonyl (C=O) groups excluding carboxylic acids is 1. The molecule has 1 saturated heterocycles. The first kappa shape index (κ1) is 17.4. The van der Waals surface area contributed by atoms with E-state index < -0.39 is 0 Å². The number of piperidine rings is 1. The highest BCUT2D eigenvalue weighted by Gasteiger charge is 2.23. The number of anilines is 1. The van der Waals surface area contributed by atoms with E-state index in [-0.39, 0.29) is 18.6 Å². The van der Waals surface area contributed by atoms with Gasteiger partial charge in [0.15, 0.2) is 0 Å². The number of amides is 2. The third-order valence-electron chi connectivity index (χ3n) is 4.72. The molecule has 3 rings (SSSR count). The van der Waals surface area contributed by atoms with E-state index in [0.717, 1.165) is 48.3 Å². The molecule has 1 aromatic carbocycles. The number of rotatable bonds is 4. The number of aromatic nitrogens is 1. The zero-order chi connectivity index (χ0) is 17.6. The Morgan fingerprint density at radius 2 is 2.24 bits per heavy atom. The number of hydrogen-bond acceptors (Lipinski definition) is 3. The quantitative estimate of drug-likeness (QED) is 0.899. The summed E-state index contributed by atoms with van der Waals surface area (Å²) >= 11 is 0. The lowest BCUT2D eigenvalue weighted by molar-refractivity contribution is 0.136. The molecule has 0 saturated carbocycles. The van der Waals surface area contributed by atoms with Crippen LogP contribution in [-0.2, 0) is 6.42 Å². The molecule has 0 spiro atoms. The van der Waals surface area contributed by atoms with Crippen molar-refractivity contribution >= 4 is 11.7 Å². The van der Waals surface area contributed by atoms with E-state index in [4.69, 9.17) is 0 Å². The molecule has 5 heteroatoms. The molecule has 0 aliphatic carbocycles. The summed E-state index contributed by atoms with van der Waals surface area (Å²) in [5, 5.41) is 12.4. The number of aliphatic hydroxyl groups is 1. The van der Waals surface area contributed by atoms with E-state index in [0.29, 0.717) is 6.54 Å². The number of likely N-dealkylation sites (tertiary alicyclic amines) is 1. The third-order valence-corrected chi connectivity index (χ3v) is 4.72. The van der Waals surface area contributed by atoms with Gasteiger partial charge in [-0.1, -0.05) is 18.2 Å². The van der Waals surface area contributed by atoms with Crippen LogP contribution < -0.4 is 5.32 Å². The first-order valence-electron chi connectivity index (χ1n) is 8.82. The van der Waals surface area contributed by atoms with Gasteiger partial charge in [-0.05, 0) is 55.0 Å². The summed E-state index contributed by atoms with van der Waals surface area (Å²) in [5.74, 6) is 0.191. The van der Waals surface area contributed by atoms with Crippen LogP contribution in [0, 0.1) is 12.8 Å². The molecule has 0 radical (unpaired) electrons. The van der Waals surface area contributed by atoms with E-state index in [1.54, 1.807) is 11.1 Å². The maximum absolute atomic E-state index is 12.6. The summed E-state index contributed by atoms with van der Waals surface area (Å²) in [6, 6.07) is 11.9. The molecule has 1 aliphatic heterocycles. The lowest BCUT2D eigenvalue weighted by Crippen LogP contribution is -2.43. The molecular formula is C20H25N3O2. The second kappa shape index (κ2) is 8.12. The number of urea groups is 1. The molecule has 2 heterocycles. The van der Waals surface area contributed by atoms with Gasteiger partial charge >= 0.3 is 6.03 Å². The molecule has 1 fully saturated rings. The number of hydrogen-bond donors (Lipinski definition) is 2. The second-order valence-corrected chi connectivity index (χ2v) is 6.71. The first-order valence-corrected chi connectivity index (χ1v) is 8.82. The Morgan fingerprint density at radius 3 is 3.00 bits per heavy atom. The summed E-state index contributed by atoms with van der Waals surface area (Å²) in [7, 11) is 0. The Kier molecular flexibility index (Phi) is 5.66. The zero-order valence-electron chi connectivity index (χ0n) is 14.6. The fraction of sp³-hybridized carbons (Fsp3) is 0.400. The maximum Gasteiger partial charge on any atom is 0.321 e. The number of aliphatic hydroxyl groups excluding tert-OH is 1. The Bertz CT molecular complexity index is 718. The van der Waals surface area contributed by atoms with Crippen molar-refractivity contribution in [2.75, 3.05) is 25.0 Å². The minimum Gasteiger partial charge on any atom is -0.396 e. The fourth-order valence-corrected chi connectivity index (χ4v) is 3.22. The highest BCUT2D eigenvalue weighted by molar-refractivity contribution is 5.90. The summed E-state index contributed by atoms with van der Waals surface area (Å²) in [6.45, 7) is 3.50. The summed E-state index contributed by atoms with van der Waals surface area (Å²) in [5.41, 5.74) is 4.00. The highest BCUT2D eigenvalue weighted by Crippen LogP contribution is 2.21. The molecule has 2 amide bonds. The molecule has 132 valence electrons. The fourth-order valence-electron chi connectivity index (χ4n) is 3.22. The molecule has 25 heavy (non-hydrogen) atoms. The van der Waals surface area contributed by atoms with Crippen LogP contribution in [0.1, 0.15) is 29.7 Å². The van der Waals surface area contributed by atoms with Gasteiger partial charge in [0.1, 0.15) is 0 Å². The predicted molar refractivity (Wildman–Crippen MR) is 98.6 cm³/mol. The van der Waals surface area contributed by atoms with E-state index in [1.165, 1.54) is 0 Å². The van der Waals surface area contributed by atoms with Crippen molar-refractivity contribution in [3.63, 3.8) is 0 Å². The van der Waals surface area contributed by atoms with Crippen molar-refractivity contribution in [1.29, 1.82) is 0 Å². The van der Waals surface area contributed by atoms with Crippen LogP contribution in [0.2, 0.25) is 0 Å². The summed E-state index contributed by atoms with van der Waals surface area (Å²) in [4.78, 5) is 18.7. The Labute approximate surface area is 148 Å².